The molecule has 2 aromatic rings. The molecule has 1 saturated heterocycles. The number of likely N-dealkylation sites (tertiary alicyclic amines) is 1. The average molecular weight is 301 g/mol. The van der Waals surface area contributed by atoms with Gasteiger partial charge in [0, 0.05) is 19.8 Å². The molecule has 2 heterocycles. The molecule has 0 bridgehead atoms. The van der Waals surface area contributed by atoms with Crippen molar-refractivity contribution in [1.82, 2.24) is 14.7 Å². The molecule has 1 aromatic carbocycles. The number of aryl methyl sites for hydroxylation is 1. The average Bonchev–Trinajstić information content (AvgIpc) is 3.12. The summed E-state index contributed by atoms with van der Waals surface area (Å²) in [5, 5.41) is 14.1. The fraction of sp³-hybridized carbons (Fsp3) is 0.375. The number of rotatable bonds is 3. The molecule has 1 fully saturated rings. The summed E-state index contributed by atoms with van der Waals surface area (Å²) >= 11 is 0. The quantitative estimate of drug-likeness (QED) is 0.930. The number of β-amino-alcohol motifs (C(OH)–C–C–N with tert-alkyl or cyclic N) is 1. The molecule has 1 aliphatic heterocycles. The molecule has 1 aromatic heterocycles. The molecule has 1 amide bonds. The second kappa shape index (κ2) is 5.81. The lowest BCUT2D eigenvalue weighted by Crippen LogP contribution is -2.33. The number of aromatic nitrogens is 2. The number of ether oxygens (including phenoxy) is 1. The van der Waals surface area contributed by atoms with E-state index in [9.17, 15) is 9.90 Å². The van der Waals surface area contributed by atoms with Crippen LogP contribution in [-0.4, -0.2) is 45.5 Å². The van der Waals surface area contributed by atoms with Gasteiger partial charge in [-0.15, -0.1) is 0 Å². The molecule has 0 aliphatic carbocycles. The lowest BCUT2D eigenvalue weighted by molar-refractivity contribution is 0.0704. The van der Waals surface area contributed by atoms with E-state index in [1.165, 1.54) is 0 Å². The number of carbonyl (C=O) groups is 1. The molecule has 0 saturated carbocycles. The van der Waals surface area contributed by atoms with E-state index in [2.05, 4.69) is 5.10 Å². The van der Waals surface area contributed by atoms with Crippen LogP contribution in [0, 0.1) is 0 Å². The lowest BCUT2D eigenvalue weighted by Gasteiger charge is -2.25. The van der Waals surface area contributed by atoms with Crippen LogP contribution in [-0.2, 0) is 7.05 Å². The first-order chi connectivity index (χ1) is 10.6. The zero-order valence-electron chi connectivity index (χ0n) is 12.6. The van der Waals surface area contributed by atoms with Gasteiger partial charge in [0.15, 0.2) is 0 Å². The third kappa shape index (κ3) is 2.57. The molecule has 1 aliphatic rings. The number of methoxy groups -OCH3 is 1. The summed E-state index contributed by atoms with van der Waals surface area (Å²) in [6.45, 7) is 0.325. The minimum atomic E-state index is -0.520. The highest BCUT2D eigenvalue weighted by molar-refractivity contribution is 5.93. The summed E-state index contributed by atoms with van der Waals surface area (Å²) in [4.78, 5) is 14.4. The summed E-state index contributed by atoms with van der Waals surface area (Å²) in [7, 11) is 3.35. The number of benzene rings is 1. The SMILES string of the molecule is COc1cccc(C2CC(O)CN2C(=O)c2ccnn2C)c1. The maximum Gasteiger partial charge on any atom is 0.272 e. The number of nitrogens with zero attached hydrogens (tertiary/aromatic N) is 3. The Morgan fingerprint density at radius 1 is 1.41 bits per heavy atom. The number of aliphatic hydroxyl groups excluding tert-OH is 1. The first-order valence-corrected chi connectivity index (χ1v) is 7.21. The van der Waals surface area contributed by atoms with E-state index in [0.29, 0.717) is 18.7 Å². The monoisotopic (exact) mass is 301 g/mol. The van der Waals surface area contributed by atoms with Crippen LogP contribution in [0.15, 0.2) is 36.5 Å². The van der Waals surface area contributed by atoms with Crippen molar-refractivity contribution in [2.24, 2.45) is 7.05 Å². The van der Waals surface area contributed by atoms with E-state index in [-0.39, 0.29) is 11.9 Å². The van der Waals surface area contributed by atoms with Gasteiger partial charge >= 0.3 is 0 Å². The van der Waals surface area contributed by atoms with Gasteiger partial charge in [-0.25, -0.2) is 0 Å². The zero-order valence-corrected chi connectivity index (χ0v) is 12.6. The Balaban J connectivity index is 1.92. The third-order valence-electron chi connectivity index (χ3n) is 4.06. The van der Waals surface area contributed by atoms with E-state index in [1.807, 2.05) is 24.3 Å². The number of amides is 1. The van der Waals surface area contributed by atoms with Crippen molar-refractivity contribution in [1.29, 1.82) is 0 Å². The summed E-state index contributed by atoms with van der Waals surface area (Å²) in [5.74, 6) is 0.621. The number of hydrogen-bond acceptors (Lipinski definition) is 4. The van der Waals surface area contributed by atoms with E-state index in [4.69, 9.17) is 4.74 Å². The molecule has 116 valence electrons. The Morgan fingerprint density at radius 3 is 2.91 bits per heavy atom. The first-order valence-electron chi connectivity index (χ1n) is 7.21. The van der Waals surface area contributed by atoms with E-state index in [0.717, 1.165) is 11.3 Å². The van der Waals surface area contributed by atoms with Crippen molar-refractivity contribution in [2.75, 3.05) is 13.7 Å². The summed E-state index contributed by atoms with van der Waals surface area (Å²) in [6, 6.07) is 9.15. The van der Waals surface area contributed by atoms with Gasteiger partial charge < -0.3 is 14.7 Å². The van der Waals surface area contributed by atoms with Crippen molar-refractivity contribution in [3.63, 3.8) is 0 Å². The highest BCUT2D eigenvalue weighted by Crippen LogP contribution is 2.34. The normalized spacial score (nSPS) is 21.1. The highest BCUT2D eigenvalue weighted by atomic mass is 16.5. The predicted octanol–water partition coefficient (Wildman–Crippen LogP) is 1.38. The summed E-state index contributed by atoms with van der Waals surface area (Å²) in [6.07, 6.45) is 1.60. The van der Waals surface area contributed by atoms with Gasteiger partial charge in [0.05, 0.1) is 19.3 Å². The molecule has 2 unspecified atom stereocenters. The molecule has 2 atom stereocenters. The highest BCUT2D eigenvalue weighted by Gasteiger charge is 2.36. The van der Waals surface area contributed by atoms with Gasteiger partial charge in [-0.3, -0.25) is 9.48 Å². The molecule has 0 radical (unpaired) electrons. The van der Waals surface area contributed by atoms with Gasteiger partial charge in [0.1, 0.15) is 11.4 Å². The molecular formula is C16H19N3O3. The van der Waals surface area contributed by atoms with Crippen molar-refractivity contribution in [3.8, 4) is 5.75 Å². The Labute approximate surface area is 128 Å². The van der Waals surface area contributed by atoms with Crippen molar-refractivity contribution in [2.45, 2.75) is 18.6 Å². The fourth-order valence-corrected chi connectivity index (χ4v) is 2.93. The van der Waals surface area contributed by atoms with E-state index in [1.54, 1.807) is 36.0 Å². The molecule has 6 heteroatoms. The second-order valence-electron chi connectivity index (χ2n) is 5.48. The molecule has 3 rings (SSSR count). The van der Waals surface area contributed by atoms with E-state index >= 15 is 0 Å². The molecule has 0 spiro atoms. The van der Waals surface area contributed by atoms with Crippen LogP contribution in [0.5, 0.6) is 5.75 Å². The third-order valence-corrected chi connectivity index (χ3v) is 4.06. The Kier molecular flexibility index (Phi) is 3.85. The van der Waals surface area contributed by atoms with E-state index < -0.39 is 6.10 Å². The van der Waals surface area contributed by atoms with Crippen LogP contribution in [0.3, 0.4) is 0 Å². The van der Waals surface area contributed by atoms with Gasteiger partial charge in [-0.2, -0.15) is 5.10 Å². The van der Waals surface area contributed by atoms with Crippen LogP contribution >= 0.6 is 0 Å². The van der Waals surface area contributed by atoms with Crippen molar-refractivity contribution < 1.29 is 14.6 Å². The van der Waals surface area contributed by atoms with Gasteiger partial charge in [0.2, 0.25) is 0 Å². The Hall–Kier alpha value is -2.34. The second-order valence-corrected chi connectivity index (χ2v) is 5.48. The number of hydrogen-bond donors (Lipinski definition) is 1. The van der Waals surface area contributed by atoms with Gasteiger partial charge in [0.25, 0.3) is 5.91 Å². The minimum absolute atomic E-state index is 0.121. The molecule has 1 N–H and O–H groups in total. The predicted molar refractivity (Wildman–Crippen MR) is 80.6 cm³/mol. The van der Waals surface area contributed by atoms with Crippen LogP contribution in [0.4, 0.5) is 0 Å². The fourth-order valence-electron chi connectivity index (χ4n) is 2.93. The van der Waals surface area contributed by atoms with Crippen molar-refractivity contribution >= 4 is 5.91 Å². The van der Waals surface area contributed by atoms with Crippen LogP contribution in [0.25, 0.3) is 0 Å². The lowest BCUT2D eigenvalue weighted by atomic mass is 10.0. The number of aliphatic hydroxyl groups is 1. The molecule has 6 nitrogen and oxygen atoms in total. The maximum atomic E-state index is 12.7. The summed E-state index contributed by atoms with van der Waals surface area (Å²) in [5.41, 5.74) is 1.48. The van der Waals surface area contributed by atoms with Gasteiger partial charge in [-0.05, 0) is 30.2 Å². The van der Waals surface area contributed by atoms with Crippen LogP contribution in [0.2, 0.25) is 0 Å². The smallest absolute Gasteiger partial charge is 0.272 e. The minimum Gasteiger partial charge on any atom is -0.497 e. The summed E-state index contributed by atoms with van der Waals surface area (Å²) < 4.78 is 6.80. The van der Waals surface area contributed by atoms with Gasteiger partial charge in [-0.1, -0.05) is 12.1 Å². The van der Waals surface area contributed by atoms with Crippen molar-refractivity contribution in [3.05, 3.63) is 47.8 Å². The standard InChI is InChI=1S/C16H19N3O3/c1-18-14(6-7-17-18)16(21)19-10-12(20)9-15(19)11-4-3-5-13(8-11)22-2/h3-8,12,15,20H,9-10H2,1-2H3. The Morgan fingerprint density at radius 2 is 2.23 bits per heavy atom. The topological polar surface area (TPSA) is 67.6 Å². The Bertz CT molecular complexity index is 683. The first kappa shape index (κ1) is 14.6. The van der Waals surface area contributed by atoms with Crippen LogP contribution < -0.4 is 4.74 Å². The molecule has 22 heavy (non-hydrogen) atoms. The largest absolute Gasteiger partial charge is 0.497 e. The molecular weight excluding hydrogens is 282 g/mol. The number of carbonyl (C=O) groups excluding carboxylic acids is 1. The zero-order chi connectivity index (χ0) is 15.7. The van der Waals surface area contributed by atoms with Crippen LogP contribution in [0.1, 0.15) is 28.5 Å². The maximum absolute atomic E-state index is 12.7.